The van der Waals surface area contributed by atoms with Gasteiger partial charge in [0.15, 0.2) is 0 Å². The van der Waals surface area contributed by atoms with Crippen LogP contribution in [0.3, 0.4) is 0 Å². The lowest BCUT2D eigenvalue weighted by Gasteiger charge is -2.24. The minimum Gasteiger partial charge on any atom is -0.305 e. The number of nitrogens with zero attached hydrogens (tertiary/aromatic N) is 1. The number of aryl methyl sites for hydroxylation is 1. The summed E-state index contributed by atoms with van der Waals surface area (Å²) in [7, 11) is -3.60. The van der Waals surface area contributed by atoms with Crippen molar-refractivity contribution in [3.05, 3.63) is 59.2 Å². The molecular weight excluding hydrogens is 336 g/mol. The van der Waals surface area contributed by atoms with E-state index in [4.69, 9.17) is 0 Å². The van der Waals surface area contributed by atoms with E-state index in [1.807, 2.05) is 38.1 Å². The molecule has 1 aliphatic heterocycles. The second kappa shape index (κ2) is 6.61. The van der Waals surface area contributed by atoms with Gasteiger partial charge in [-0.25, -0.2) is 13.1 Å². The van der Waals surface area contributed by atoms with Crippen molar-refractivity contribution in [2.75, 3.05) is 11.4 Å². The first kappa shape index (κ1) is 17.6. The molecule has 1 atom stereocenters. The van der Waals surface area contributed by atoms with E-state index in [1.54, 1.807) is 17.9 Å². The van der Waals surface area contributed by atoms with Crippen molar-refractivity contribution in [1.82, 2.24) is 4.72 Å². The first-order valence-corrected chi connectivity index (χ1v) is 9.85. The Morgan fingerprint density at radius 3 is 2.68 bits per heavy atom. The number of hydrogen-bond donors (Lipinski definition) is 1. The van der Waals surface area contributed by atoms with E-state index >= 15 is 0 Å². The second-order valence-corrected chi connectivity index (χ2v) is 8.10. The molecule has 0 spiro atoms. The highest BCUT2D eigenvalue weighted by atomic mass is 32.2. The lowest BCUT2D eigenvalue weighted by Crippen LogP contribution is -2.36. The van der Waals surface area contributed by atoms with Crippen LogP contribution in [0.4, 0.5) is 5.69 Å². The average molecular weight is 358 g/mol. The second-order valence-electron chi connectivity index (χ2n) is 6.34. The number of para-hydroxylation sites is 1. The number of hydrogen-bond acceptors (Lipinski definition) is 3. The number of fused-ring (bicyclic) bond motifs is 1. The van der Waals surface area contributed by atoms with Crippen LogP contribution in [0.5, 0.6) is 0 Å². The van der Waals surface area contributed by atoms with Crippen LogP contribution >= 0.6 is 0 Å². The van der Waals surface area contributed by atoms with Gasteiger partial charge >= 0.3 is 0 Å². The van der Waals surface area contributed by atoms with Crippen molar-refractivity contribution < 1.29 is 13.2 Å². The van der Waals surface area contributed by atoms with Crippen LogP contribution in [0.2, 0.25) is 0 Å². The summed E-state index contributed by atoms with van der Waals surface area (Å²) in [5.74, 6) is -0.163. The Labute approximate surface area is 148 Å². The molecule has 2 aromatic carbocycles. The highest BCUT2D eigenvalue weighted by molar-refractivity contribution is 7.89. The van der Waals surface area contributed by atoms with Gasteiger partial charge in [0.2, 0.25) is 10.0 Å². The smallest absolute Gasteiger partial charge is 0.258 e. The van der Waals surface area contributed by atoms with E-state index in [0.29, 0.717) is 12.1 Å². The molecule has 0 aromatic heterocycles. The number of nitrogens with one attached hydrogen (secondary N) is 1. The number of amides is 1. The summed E-state index contributed by atoms with van der Waals surface area (Å²) < 4.78 is 27.0. The van der Waals surface area contributed by atoms with Crippen LogP contribution in [0.25, 0.3) is 0 Å². The minimum absolute atomic E-state index is 0.0401. The predicted molar refractivity (Wildman–Crippen MR) is 98.5 cm³/mol. The Bertz CT molecular complexity index is 922. The number of carbonyl (C=O) groups is 1. The van der Waals surface area contributed by atoms with Crippen LogP contribution in [0.1, 0.15) is 35.3 Å². The summed E-state index contributed by atoms with van der Waals surface area (Å²) in [6, 6.07) is 12.6. The molecule has 6 heteroatoms. The van der Waals surface area contributed by atoms with Crippen molar-refractivity contribution >= 4 is 21.6 Å². The van der Waals surface area contributed by atoms with Gasteiger partial charge in [0.25, 0.3) is 5.91 Å². The number of anilines is 1. The molecule has 25 heavy (non-hydrogen) atoms. The molecule has 0 bridgehead atoms. The molecule has 5 nitrogen and oxygen atoms in total. The maximum Gasteiger partial charge on any atom is 0.258 e. The van der Waals surface area contributed by atoms with Gasteiger partial charge in [-0.05, 0) is 49.6 Å². The van der Waals surface area contributed by atoms with Crippen molar-refractivity contribution in [1.29, 1.82) is 0 Å². The van der Waals surface area contributed by atoms with Gasteiger partial charge < -0.3 is 4.90 Å². The summed E-state index contributed by atoms with van der Waals surface area (Å²) in [6.45, 7) is 5.85. The van der Waals surface area contributed by atoms with Gasteiger partial charge in [0.05, 0.1) is 4.90 Å². The van der Waals surface area contributed by atoms with Crippen LogP contribution in [-0.2, 0) is 16.4 Å². The van der Waals surface area contributed by atoms with Crippen LogP contribution in [-0.4, -0.2) is 26.9 Å². The summed E-state index contributed by atoms with van der Waals surface area (Å²) in [6.07, 6.45) is 0.802. The van der Waals surface area contributed by atoms with Gasteiger partial charge in [-0.2, -0.15) is 0 Å². The quantitative estimate of drug-likeness (QED) is 0.914. The van der Waals surface area contributed by atoms with E-state index in [-0.39, 0.29) is 16.8 Å². The topological polar surface area (TPSA) is 66.5 Å². The number of benzene rings is 2. The van der Waals surface area contributed by atoms with Gasteiger partial charge in [-0.15, -0.1) is 0 Å². The Balaban J connectivity index is 2.04. The fourth-order valence-electron chi connectivity index (χ4n) is 3.28. The van der Waals surface area contributed by atoms with E-state index < -0.39 is 10.0 Å². The monoisotopic (exact) mass is 358 g/mol. The van der Waals surface area contributed by atoms with E-state index in [0.717, 1.165) is 23.2 Å². The third kappa shape index (κ3) is 3.19. The maximum absolute atomic E-state index is 13.2. The van der Waals surface area contributed by atoms with Gasteiger partial charge in [0, 0.05) is 23.8 Å². The zero-order chi connectivity index (χ0) is 18.2. The molecule has 1 amide bonds. The van der Waals surface area contributed by atoms with Gasteiger partial charge in [-0.3, -0.25) is 4.79 Å². The SMILES string of the molecule is CCNS(=O)(=O)c1ccc(C)c(C(=O)N2c3ccccc3C[C@@H]2C)c1. The molecule has 2 aromatic rings. The first-order chi connectivity index (χ1) is 11.8. The largest absolute Gasteiger partial charge is 0.305 e. The minimum atomic E-state index is -3.60. The third-order valence-corrected chi connectivity index (χ3v) is 6.05. The number of rotatable bonds is 4. The zero-order valence-electron chi connectivity index (χ0n) is 14.6. The molecule has 132 valence electrons. The molecule has 0 unspecified atom stereocenters. The number of carbonyl (C=O) groups excluding carboxylic acids is 1. The molecule has 0 saturated carbocycles. The lowest BCUT2D eigenvalue weighted by atomic mass is 10.1. The molecule has 0 aliphatic carbocycles. The molecule has 3 rings (SSSR count). The van der Waals surface area contributed by atoms with Gasteiger partial charge in [0.1, 0.15) is 0 Å². The molecule has 0 saturated heterocycles. The summed E-state index contributed by atoms with van der Waals surface area (Å²) >= 11 is 0. The molecule has 0 fully saturated rings. The van der Waals surface area contributed by atoms with E-state index in [2.05, 4.69) is 4.72 Å². The highest BCUT2D eigenvalue weighted by Gasteiger charge is 2.32. The first-order valence-electron chi connectivity index (χ1n) is 8.37. The van der Waals surface area contributed by atoms with Crippen LogP contribution < -0.4 is 9.62 Å². The third-order valence-electron chi connectivity index (χ3n) is 4.51. The maximum atomic E-state index is 13.2. The molecule has 0 radical (unpaired) electrons. The van der Waals surface area contributed by atoms with Crippen molar-refractivity contribution in [2.45, 2.75) is 38.1 Å². The molecular formula is C19H22N2O3S. The highest BCUT2D eigenvalue weighted by Crippen LogP contribution is 2.33. The molecule has 1 heterocycles. The number of sulfonamides is 1. The Morgan fingerprint density at radius 2 is 1.96 bits per heavy atom. The Kier molecular flexibility index (Phi) is 4.67. The Hall–Kier alpha value is -2.18. The van der Waals surface area contributed by atoms with Gasteiger partial charge in [-0.1, -0.05) is 31.2 Å². The van der Waals surface area contributed by atoms with Crippen molar-refractivity contribution in [2.24, 2.45) is 0 Å². The average Bonchev–Trinajstić information content (AvgIpc) is 2.90. The zero-order valence-corrected chi connectivity index (χ0v) is 15.4. The standard InChI is InChI=1S/C19H22N2O3S/c1-4-20-25(23,24)16-10-9-13(2)17(12-16)19(22)21-14(3)11-15-7-5-6-8-18(15)21/h5-10,12,14,20H,4,11H2,1-3H3/t14-/m0/s1. The van der Waals surface area contributed by atoms with E-state index in [1.165, 1.54) is 12.1 Å². The lowest BCUT2D eigenvalue weighted by molar-refractivity contribution is 0.0980. The van der Waals surface area contributed by atoms with Crippen LogP contribution in [0.15, 0.2) is 47.4 Å². The molecule has 1 aliphatic rings. The predicted octanol–water partition coefficient (Wildman–Crippen LogP) is 2.88. The molecule has 1 N–H and O–H groups in total. The summed E-state index contributed by atoms with van der Waals surface area (Å²) in [4.78, 5) is 15.1. The normalized spacial score (nSPS) is 16.8. The Morgan fingerprint density at radius 1 is 1.24 bits per heavy atom. The summed E-state index contributed by atoms with van der Waals surface area (Å²) in [5.41, 5.74) is 3.22. The van der Waals surface area contributed by atoms with Crippen molar-refractivity contribution in [3.8, 4) is 0 Å². The fraction of sp³-hybridized carbons (Fsp3) is 0.316. The van der Waals surface area contributed by atoms with Crippen molar-refractivity contribution in [3.63, 3.8) is 0 Å². The van der Waals surface area contributed by atoms with E-state index in [9.17, 15) is 13.2 Å². The fourth-order valence-corrected chi connectivity index (χ4v) is 4.34. The summed E-state index contributed by atoms with van der Waals surface area (Å²) in [5, 5.41) is 0. The van der Waals surface area contributed by atoms with Crippen LogP contribution in [0, 0.1) is 6.92 Å².